The fourth-order valence-electron chi connectivity index (χ4n) is 2.27. The van der Waals surface area contributed by atoms with E-state index in [0.717, 1.165) is 5.56 Å². The van der Waals surface area contributed by atoms with Gasteiger partial charge < -0.3 is 15.2 Å². The van der Waals surface area contributed by atoms with E-state index < -0.39 is 24.0 Å². The van der Waals surface area contributed by atoms with Gasteiger partial charge in [0.2, 0.25) is 6.10 Å². The maximum absolute atomic E-state index is 12.4. The Morgan fingerprint density at radius 3 is 2.42 bits per heavy atom. The van der Waals surface area contributed by atoms with E-state index in [1.165, 1.54) is 12.1 Å². The van der Waals surface area contributed by atoms with Gasteiger partial charge in [-0.1, -0.05) is 36.4 Å². The summed E-state index contributed by atoms with van der Waals surface area (Å²) in [7, 11) is 0. The van der Waals surface area contributed by atoms with Crippen LogP contribution in [0.3, 0.4) is 0 Å². The van der Waals surface area contributed by atoms with Crippen molar-refractivity contribution in [2.75, 3.05) is 6.54 Å². The number of carbonyl (C=O) groups excluding carboxylic acids is 3. The second-order valence-corrected chi connectivity index (χ2v) is 5.57. The van der Waals surface area contributed by atoms with Gasteiger partial charge in [-0.15, -0.1) is 0 Å². The van der Waals surface area contributed by atoms with Crippen molar-refractivity contribution in [3.8, 4) is 5.75 Å². The van der Waals surface area contributed by atoms with Crippen molar-refractivity contribution in [3.63, 3.8) is 0 Å². The van der Waals surface area contributed by atoms with Gasteiger partial charge in [0.1, 0.15) is 11.3 Å². The minimum Gasteiger partial charge on any atom is -0.507 e. The number of benzene rings is 2. The van der Waals surface area contributed by atoms with Gasteiger partial charge in [-0.25, -0.2) is 9.59 Å². The molecule has 2 aromatic carbocycles. The summed E-state index contributed by atoms with van der Waals surface area (Å²) in [6.45, 7) is 3.81. The highest BCUT2D eigenvalue weighted by molar-refractivity contribution is 5.99. The molecule has 2 rings (SSSR count). The molecule has 3 N–H and O–H groups in total. The monoisotopic (exact) mass is 356 g/mol. The van der Waals surface area contributed by atoms with Crippen LogP contribution in [0.1, 0.15) is 34.5 Å². The molecule has 0 heterocycles. The van der Waals surface area contributed by atoms with Gasteiger partial charge in [-0.2, -0.15) is 0 Å². The third kappa shape index (κ3) is 4.83. The zero-order valence-electron chi connectivity index (χ0n) is 14.5. The number of aryl methyl sites for hydroxylation is 1. The van der Waals surface area contributed by atoms with Crippen LogP contribution in [0.2, 0.25) is 0 Å². The van der Waals surface area contributed by atoms with Crippen molar-refractivity contribution in [2.24, 2.45) is 0 Å². The van der Waals surface area contributed by atoms with Crippen LogP contribution in [0.4, 0.5) is 4.79 Å². The molecule has 0 aromatic heterocycles. The maximum atomic E-state index is 12.4. The molecule has 1 atom stereocenters. The quantitative estimate of drug-likeness (QED) is 0.714. The van der Waals surface area contributed by atoms with Gasteiger partial charge in [0.25, 0.3) is 5.91 Å². The number of carbonyl (C=O) groups is 3. The molecular weight excluding hydrogens is 336 g/mol. The minimum absolute atomic E-state index is 0.0673. The maximum Gasteiger partial charge on any atom is 0.343 e. The number of ether oxygens (including phenoxy) is 1. The van der Waals surface area contributed by atoms with Crippen molar-refractivity contribution < 1.29 is 24.2 Å². The number of esters is 1. The number of aromatic hydroxyl groups is 1. The van der Waals surface area contributed by atoms with Crippen molar-refractivity contribution in [1.82, 2.24) is 10.6 Å². The lowest BCUT2D eigenvalue weighted by molar-refractivity contribution is -0.129. The topological polar surface area (TPSA) is 105 Å². The average molecular weight is 356 g/mol. The summed E-state index contributed by atoms with van der Waals surface area (Å²) in [5.41, 5.74) is 1.10. The Morgan fingerprint density at radius 1 is 1.12 bits per heavy atom. The standard InChI is InChI=1S/C19H20N2O5/c1-3-20-19(25)21-17(23)16(13-7-5-4-6-8-13)26-18(24)14-10-9-12(2)11-15(14)22/h4-11,16,22H,3H2,1-2H3,(H2,20,21,23,25). The Morgan fingerprint density at radius 2 is 1.81 bits per heavy atom. The Labute approximate surface area is 151 Å². The van der Waals surface area contributed by atoms with Crippen LogP contribution in [-0.2, 0) is 9.53 Å². The van der Waals surface area contributed by atoms with Crippen molar-refractivity contribution in [3.05, 3.63) is 65.2 Å². The van der Waals surface area contributed by atoms with Gasteiger partial charge in [0, 0.05) is 12.1 Å². The molecule has 26 heavy (non-hydrogen) atoms. The molecule has 1 unspecified atom stereocenters. The van der Waals surface area contributed by atoms with Crippen LogP contribution in [-0.4, -0.2) is 29.6 Å². The highest BCUT2D eigenvalue weighted by atomic mass is 16.5. The molecule has 0 spiro atoms. The number of phenols is 1. The lowest BCUT2D eigenvalue weighted by atomic mass is 10.1. The first-order valence-corrected chi connectivity index (χ1v) is 8.06. The second kappa shape index (κ2) is 8.66. The fourth-order valence-corrected chi connectivity index (χ4v) is 2.27. The van der Waals surface area contributed by atoms with Crippen LogP contribution in [0.25, 0.3) is 0 Å². The van der Waals surface area contributed by atoms with Crippen LogP contribution in [0.15, 0.2) is 48.5 Å². The summed E-state index contributed by atoms with van der Waals surface area (Å²) < 4.78 is 5.29. The Kier molecular flexibility index (Phi) is 6.32. The molecule has 7 nitrogen and oxygen atoms in total. The van der Waals surface area contributed by atoms with E-state index in [4.69, 9.17) is 4.74 Å². The van der Waals surface area contributed by atoms with Gasteiger partial charge in [0.15, 0.2) is 0 Å². The largest absolute Gasteiger partial charge is 0.507 e. The highest BCUT2D eigenvalue weighted by Crippen LogP contribution is 2.24. The number of phenolic OH excluding ortho intramolecular Hbond substituents is 1. The first kappa shape index (κ1) is 19.0. The van der Waals surface area contributed by atoms with E-state index in [1.54, 1.807) is 50.2 Å². The lowest BCUT2D eigenvalue weighted by Gasteiger charge is -2.18. The normalized spacial score (nSPS) is 11.3. The Hall–Kier alpha value is -3.35. The minimum atomic E-state index is -1.34. The Balaban J connectivity index is 2.25. The van der Waals surface area contributed by atoms with Crippen LogP contribution < -0.4 is 10.6 Å². The van der Waals surface area contributed by atoms with E-state index >= 15 is 0 Å². The smallest absolute Gasteiger partial charge is 0.343 e. The number of hydrogen-bond donors (Lipinski definition) is 3. The van der Waals surface area contributed by atoms with Crippen LogP contribution >= 0.6 is 0 Å². The Bertz CT molecular complexity index is 805. The third-order valence-corrected chi connectivity index (χ3v) is 3.51. The summed E-state index contributed by atoms with van der Waals surface area (Å²) >= 11 is 0. The van der Waals surface area contributed by atoms with E-state index in [9.17, 15) is 19.5 Å². The fraction of sp³-hybridized carbons (Fsp3) is 0.211. The molecule has 0 saturated heterocycles. The first-order chi connectivity index (χ1) is 12.4. The molecule has 0 radical (unpaired) electrons. The van der Waals surface area contributed by atoms with Crippen molar-refractivity contribution >= 4 is 17.9 Å². The third-order valence-electron chi connectivity index (χ3n) is 3.51. The van der Waals surface area contributed by atoms with E-state index in [1.807, 2.05) is 0 Å². The molecule has 0 saturated carbocycles. The molecule has 0 aliphatic carbocycles. The summed E-state index contributed by atoms with van der Waals surface area (Å²) in [5, 5.41) is 14.5. The van der Waals surface area contributed by atoms with Crippen molar-refractivity contribution in [2.45, 2.75) is 20.0 Å². The van der Waals surface area contributed by atoms with Gasteiger partial charge in [-0.3, -0.25) is 10.1 Å². The molecule has 7 heteroatoms. The number of hydrogen-bond acceptors (Lipinski definition) is 5. The summed E-state index contributed by atoms with van der Waals surface area (Å²) in [4.78, 5) is 36.4. The van der Waals surface area contributed by atoms with Gasteiger partial charge in [0.05, 0.1) is 0 Å². The summed E-state index contributed by atoms with van der Waals surface area (Å²) in [6.07, 6.45) is -1.34. The SMILES string of the molecule is CCNC(=O)NC(=O)C(OC(=O)c1ccc(C)cc1O)c1ccccc1. The van der Waals surface area contributed by atoms with Gasteiger partial charge in [-0.05, 0) is 31.5 Å². The predicted molar refractivity (Wildman–Crippen MR) is 94.7 cm³/mol. The molecule has 0 aliphatic heterocycles. The first-order valence-electron chi connectivity index (χ1n) is 8.06. The zero-order valence-corrected chi connectivity index (χ0v) is 14.5. The molecular formula is C19H20N2O5. The summed E-state index contributed by atoms with van der Waals surface area (Å²) in [5.74, 6) is -1.91. The van der Waals surface area contributed by atoms with E-state index in [-0.39, 0.29) is 11.3 Å². The predicted octanol–water partition coefficient (Wildman–Crippen LogP) is 2.44. The lowest BCUT2D eigenvalue weighted by Crippen LogP contribution is -2.42. The molecule has 136 valence electrons. The molecule has 0 aliphatic rings. The molecule has 2 aromatic rings. The number of imide groups is 1. The number of amides is 3. The molecule has 0 bridgehead atoms. The number of nitrogens with one attached hydrogen (secondary N) is 2. The summed E-state index contributed by atoms with van der Waals surface area (Å²) in [6, 6.07) is 12.1. The zero-order chi connectivity index (χ0) is 19.1. The number of urea groups is 1. The number of rotatable bonds is 5. The van der Waals surface area contributed by atoms with Crippen LogP contribution in [0, 0.1) is 6.92 Å². The second-order valence-electron chi connectivity index (χ2n) is 5.57. The van der Waals surface area contributed by atoms with E-state index in [2.05, 4.69) is 10.6 Å². The molecule has 0 fully saturated rings. The molecule has 3 amide bonds. The van der Waals surface area contributed by atoms with Crippen molar-refractivity contribution in [1.29, 1.82) is 0 Å². The van der Waals surface area contributed by atoms with E-state index in [0.29, 0.717) is 12.1 Å². The highest BCUT2D eigenvalue weighted by Gasteiger charge is 2.28. The average Bonchev–Trinajstić information content (AvgIpc) is 2.60. The van der Waals surface area contributed by atoms with Gasteiger partial charge >= 0.3 is 12.0 Å². The van der Waals surface area contributed by atoms with Crippen LogP contribution in [0.5, 0.6) is 5.75 Å².